The van der Waals surface area contributed by atoms with Crippen LogP contribution in [0.4, 0.5) is 0 Å². The molecule has 0 aliphatic carbocycles. The molecule has 9 heteroatoms. The molecule has 0 saturated heterocycles. The number of aromatic nitrogens is 1. The average molecular weight is 418 g/mol. The number of amides is 1. The van der Waals surface area contributed by atoms with Gasteiger partial charge in [0.1, 0.15) is 11.5 Å². The molecule has 2 aromatic heterocycles. The largest absolute Gasteiger partial charge is 0.454 e. The number of benzene rings is 1. The number of ether oxygens (including phenoxy) is 2. The number of fused-ring (bicyclic) bond motifs is 1. The van der Waals surface area contributed by atoms with Gasteiger partial charge in [-0.3, -0.25) is 9.00 Å². The molecule has 0 unspecified atom stereocenters. The molecule has 0 saturated carbocycles. The number of hydrogen-bond acceptors (Lipinski definition) is 7. The van der Waals surface area contributed by atoms with Gasteiger partial charge < -0.3 is 19.2 Å². The topological polar surface area (TPSA) is 90.7 Å². The molecule has 1 aliphatic heterocycles. The van der Waals surface area contributed by atoms with Gasteiger partial charge in [-0.1, -0.05) is 12.1 Å². The van der Waals surface area contributed by atoms with Crippen molar-refractivity contribution >= 4 is 28.0 Å². The number of aryl methyl sites for hydroxylation is 1. The molecule has 1 aromatic carbocycles. The van der Waals surface area contributed by atoms with Crippen molar-refractivity contribution in [2.45, 2.75) is 19.2 Å². The van der Waals surface area contributed by atoms with E-state index in [0.717, 1.165) is 10.4 Å². The first-order chi connectivity index (χ1) is 13.6. The molecular formula is C19H18N2O5S2. The summed E-state index contributed by atoms with van der Waals surface area (Å²) in [7, 11) is -1.38. The van der Waals surface area contributed by atoms with Gasteiger partial charge in [-0.05, 0) is 36.1 Å². The lowest BCUT2D eigenvalue weighted by molar-refractivity contribution is -0.118. The summed E-state index contributed by atoms with van der Waals surface area (Å²) >= 11 is 1.53. The first-order valence-electron chi connectivity index (χ1n) is 8.59. The second kappa shape index (κ2) is 8.15. The lowest BCUT2D eigenvalue weighted by Gasteiger charge is -2.06. The van der Waals surface area contributed by atoms with E-state index in [1.54, 1.807) is 13.0 Å². The number of nitrogens with zero attached hydrogens (tertiary/aromatic N) is 1. The number of carbonyl (C=O) groups is 1. The van der Waals surface area contributed by atoms with E-state index in [9.17, 15) is 9.00 Å². The van der Waals surface area contributed by atoms with Gasteiger partial charge >= 0.3 is 0 Å². The molecule has 3 aromatic rings. The number of oxazole rings is 1. The Kier molecular flexibility index (Phi) is 5.45. The Morgan fingerprint density at radius 1 is 1.29 bits per heavy atom. The number of thiophene rings is 1. The van der Waals surface area contributed by atoms with Crippen LogP contribution in [-0.2, 0) is 27.9 Å². The van der Waals surface area contributed by atoms with Crippen molar-refractivity contribution in [3.63, 3.8) is 0 Å². The van der Waals surface area contributed by atoms with Crippen LogP contribution in [-0.4, -0.2) is 27.6 Å². The normalized spacial score (nSPS) is 13.5. The molecule has 0 bridgehead atoms. The highest BCUT2D eigenvalue weighted by Crippen LogP contribution is 2.32. The third kappa shape index (κ3) is 4.26. The van der Waals surface area contributed by atoms with E-state index in [-0.39, 0.29) is 24.2 Å². The summed E-state index contributed by atoms with van der Waals surface area (Å²) in [5.74, 6) is 2.31. The molecule has 7 nitrogen and oxygen atoms in total. The summed E-state index contributed by atoms with van der Waals surface area (Å²) in [6.45, 7) is 2.33. The Labute approximate surface area is 168 Å². The van der Waals surface area contributed by atoms with Gasteiger partial charge in [0.2, 0.25) is 18.6 Å². The van der Waals surface area contributed by atoms with Gasteiger partial charge in [0.15, 0.2) is 11.5 Å². The third-order valence-electron chi connectivity index (χ3n) is 4.14. The molecule has 1 N–H and O–H groups in total. The van der Waals surface area contributed by atoms with Crippen LogP contribution in [0.25, 0.3) is 10.8 Å². The first-order valence-corrected chi connectivity index (χ1v) is 11.0. The van der Waals surface area contributed by atoms with Crippen molar-refractivity contribution in [3.05, 3.63) is 52.7 Å². The average Bonchev–Trinajstić information content (AvgIpc) is 3.41. The molecule has 28 heavy (non-hydrogen) atoms. The van der Waals surface area contributed by atoms with E-state index >= 15 is 0 Å². The first kappa shape index (κ1) is 18.7. The quantitative estimate of drug-likeness (QED) is 0.634. The van der Waals surface area contributed by atoms with Gasteiger partial charge in [0.05, 0.1) is 16.3 Å². The van der Waals surface area contributed by atoms with Gasteiger partial charge in [0, 0.05) is 17.3 Å². The number of hydrogen-bond donors (Lipinski definition) is 1. The van der Waals surface area contributed by atoms with Crippen LogP contribution in [0, 0.1) is 6.92 Å². The lowest BCUT2D eigenvalue weighted by atomic mass is 10.2. The van der Waals surface area contributed by atoms with Crippen molar-refractivity contribution in [2.24, 2.45) is 0 Å². The van der Waals surface area contributed by atoms with Gasteiger partial charge in [-0.25, -0.2) is 4.98 Å². The molecule has 0 fully saturated rings. The van der Waals surface area contributed by atoms with E-state index < -0.39 is 10.8 Å². The highest BCUT2D eigenvalue weighted by Gasteiger charge is 2.17. The highest BCUT2D eigenvalue weighted by molar-refractivity contribution is 7.84. The van der Waals surface area contributed by atoms with Gasteiger partial charge in [-0.15, -0.1) is 11.3 Å². The van der Waals surface area contributed by atoms with Crippen LogP contribution in [0.3, 0.4) is 0 Å². The predicted molar refractivity (Wildman–Crippen MR) is 106 cm³/mol. The van der Waals surface area contributed by atoms with E-state index in [4.69, 9.17) is 13.9 Å². The van der Waals surface area contributed by atoms with Crippen LogP contribution in [0.5, 0.6) is 11.5 Å². The van der Waals surface area contributed by atoms with Crippen LogP contribution in [0.15, 0.2) is 40.1 Å². The maximum atomic E-state index is 12.4. The van der Waals surface area contributed by atoms with Crippen LogP contribution in [0.1, 0.15) is 17.0 Å². The molecule has 3 heterocycles. The predicted octanol–water partition coefficient (Wildman–Crippen LogP) is 3.01. The Bertz CT molecular complexity index is 1010. The molecule has 4 rings (SSSR count). The van der Waals surface area contributed by atoms with E-state index in [0.29, 0.717) is 35.4 Å². The van der Waals surface area contributed by atoms with E-state index in [1.807, 2.05) is 29.6 Å². The van der Waals surface area contributed by atoms with Crippen molar-refractivity contribution in [1.29, 1.82) is 0 Å². The molecule has 0 radical (unpaired) electrons. The fourth-order valence-electron chi connectivity index (χ4n) is 2.72. The zero-order valence-electron chi connectivity index (χ0n) is 15.1. The molecule has 146 valence electrons. The molecule has 1 atom stereocenters. The fraction of sp³-hybridized carbons (Fsp3) is 0.263. The summed E-state index contributed by atoms with van der Waals surface area (Å²) < 4.78 is 28.6. The summed E-state index contributed by atoms with van der Waals surface area (Å²) in [5, 5.41) is 4.72. The second-order valence-corrected chi connectivity index (χ2v) is 8.60. The summed E-state index contributed by atoms with van der Waals surface area (Å²) in [6, 6.07) is 9.32. The van der Waals surface area contributed by atoms with Crippen LogP contribution in [0.2, 0.25) is 0 Å². The minimum absolute atomic E-state index is 0.0921. The highest BCUT2D eigenvalue weighted by atomic mass is 32.2. The standard InChI is InChI=1S/C19H18N2O5S2/c1-12-14(21-19(26-12)17-3-2-6-27-17)9-28(23)10-18(22)20-8-13-4-5-15-16(7-13)25-11-24-15/h2-7H,8-11H2,1H3,(H,20,22)/t28-/m0/s1. The maximum absolute atomic E-state index is 12.4. The SMILES string of the molecule is Cc1oc(-c2cccs2)nc1C[S@](=O)CC(=O)NCc1ccc2c(c1)OCO2. The lowest BCUT2D eigenvalue weighted by Crippen LogP contribution is -2.28. The van der Waals surface area contributed by atoms with E-state index in [1.165, 1.54) is 11.3 Å². The molecule has 0 spiro atoms. The number of nitrogens with one attached hydrogen (secondary N) is 1. The monoisotopic (exact) mass is 418 g/mol. The fourth-order valence-corrected chi connectivity index (χ4v) is 4.44. The van der Waals surface area contributed by atoms with Crippen LogP contribution < -0.4 is 14.8 Å². The van der Waals surface area contributed by atoms with E-state index in [2.05, 4.69) is 10.3 Å². The zero-order chi connectivity index (χ0) is 19.5. The van der Waals surface area contributed by atoms with Crippen molar-refractivity contribution in [2.75, 3.05) is 12.5 Å². The second-order valence-electron chi connectivity index (χ2n) is 6.19. The Morgan fingerprint density at radius 2 is 2.14 bits per heavy atom. The summed E-state index contributed by atoms with van der Waals surface area (Å²) in [5.41, 5.74) is 1.50. The van der Waals surface area contributed by atoms with Crippen LogP contribution >= 0.6 is 11.3 Å². The Morgan fingerprint density at radius 3 is 2.96 bits per heavy atom. The van der Waals surface area contributed by atoms with Crippen molar-refractivity contribution < 1.29 is 22.9 Å². The third-order valence-corrected chi connectivity index (χ3v) is 6.18. The minimum Gasteiger partial charge on any atom is -0.454 e. The van der Waals surface area contributed by atoms with Crippen molar-refractivity contribution in [1.82, 2.24) is 10.3 Å². The molecular weight excluding hydrogens is 400 g/mol. The number of rotatable bonds is 7. The van der Waals surface area contributed by atoms with Gasteiger partial charge in [-0.2, -0.15) is 0 Å². The Hall–Kier alpha value is -2.65. The summed E-state index contributed by atoms with van der Waals surface area (Å²) in [4.78, 5) is 17.5. The molecule has 1 amide bonds. The number of carbonyl (C=O) groups excluding carboxylic acids is 1. The van der Waals surface area contributed by atoms with Crippen molar-refractivity contribution in [3.8, 4) is 22.3 Å². The smallest absolute Gasteiger partial charge is 0.236 e. The van der Waals surface area contributed by atoms with Gasteiger partial charge in [0.25, 0.3) is 0 Å². The minimum atomic E-state index is -1.38. The maximum Gasteiger partial charge on any atom is 0.236 e. The Balaban J connectivity index is 1.29. The zero-order valence-corrected chi connectivity index (χ0v) is 16.7. The molecule has 1 aliphatic rings. The summed E-state index contributed by atoms with van der Waals surface area (Å²) in [6.07, 6.45) is 0.